The van der Waals surface area contributed by atoms with Crippen LogP contribution in [0.5, 0.6) is 0 Å². The summed E-state index contributed by atoms with van der Waals surface area (Å²) in [4.78, 5) is 30.3. The minimum atomic E-state index is -1.10. The molecule has 2 aromatic carbocycles. The molecule has 142 valence electrons. The van der Waals surface area contributed by atoms with Crippen LogP contribution in [0.2, 0.25) is 0 Å². The minimum Gasteiger partial charge on any atom is -0.478 e. The average Bonchev–Trinajstić information content (AvgIpc) is 2.69. The number of benzene rings is 2. The van der Waals surface area contributed by atoms with E-state index < -0.39 is 5.97 Å². The molecule has 0 fully saturated rings. The van der Waals surface area contributed by atoms with Gasteiger partial charge in [0.2, 0.25) is 0 Å². The van der Waals surface area contributed by atoms with E-state index in [4.69, 9.17) is 0 Å². The summed E-state index contributed by atoms with van der Waals surface area (Å²) >= 11 is 0. The predicted molar refractivity (Wildman–Crippen MR) is 109 cm³/mol. The van der Waals surface area contributed by atoms with Gasteiger partial charge >= 0.3 is 5.97 Å². The summed E-state index contributed by atoms with van der Waals surface area (Å²) in [5.74, 6) is -1.07. The lowest BCUT2D eigenvalue weighted by atomic mass is 10.1. The third-order valence-electron chi connectivity index (χ3n) is 4.37. The molecule has 28 heavy (non-hydrogen) atoms. The fourth-order valence-electron chi connectivity index (χ4n) is 2.95. The molecular formula is C22H21N3O3. The molecule has 2 N–H and O–H groups in total. The van der Waals surface area contributed by atoms with Crippen molar-refractivity contribution in [3.05, 3.63) is 89.1 Å². The Morgan fingerprint density at radius 1 is 1.04 bits per heavy atom. The lowest BCUT2D eigenvalue weighted by Gasteiger charge is -2.20. The number of hydrogen-bond acceptors (Lipinski definition) is 4. The topological polar surface area (TPSA) is 82.5 Å². The van der Waals surface area contributed by atoms with E-state index in [0.29, 0.717) is 23.6 Å². The molecule has 6 nitrogen and oxygen atoms in total. The summed E-state index contributed by atoms with van der Waals surface area (Å²) in [6.45, 7) is 2.36. The molecule has 0 atom stereocenters. The maximum absolute atomic E-state index is 12.5. The second-order valence-corrected chi connectivity index (χ2v) is 6.51. The van der Waals surface area contributed by atoms with Crippen LogP contribution in [0.1, 0.15) is 31.8 Å². The lowest BCUT2D eigenvalue weighted by Crippen LogP contribution is -2.21. The first-order valence-electron chi connectivity index (χ1n) is 8.81. The van der Waals surface area contributed by atoms with Gasteiger partial charge in [-0.1, -0.05) is 48.5 Å². The SMILES string of the molecule is Cc1ccccc1C(=O)Nc1cnc(N(C)Cc2ccccc2)c(C(=O)O)c1. The first kappa shape index (κ1) is 19.1. The molecule has 1 aromatic heterocycles. The van der Waals surface area contributed by atoms with Crippen LogP contribution in [0.15, 0.2) is 66.9 Å². The number of carbonyl (C=O) groups excluding carboxylic acids is 1. The van der Waals surface area contributed by atoms with Gasteiger partial charge in [0.1, 0.15) is 11.4 Å². The summed E-state index contributed by atoms with van der Waals surface area (Å²) in [6, 6.07) is 18.4. The van der Waals surface area contributed by atoms with Gasteiger partial charge in [0.05, 0.1) is 11.9 Å². The molecule has 0 spiro atoms. The molecule has 1 heterocycles. The maximum Gasteiger partial charge on any atom is 0.339 e. The Labute approximate surface area is 163 Å². The molecule has 0 radical (unpaired) electrons. The van der Waals surface area contributed by atoms with Crippen molar-refractivity contribution in [2.75, 3.05) is 17.3 Å². The summed E-state index contributed by atoms with van der Waals surface area (Å²) in [5.41, 5.74) is 2.78. The van der Waals surface area contributed by atoms with E-state index in [1.807, 2.05) is 49.4 Å². The third kappa shape index (κ3) is 4.35. The van der Waals surface area contributed by atoms with Crippen molar-refractivity contribution in [2.45, 2.75) is 13.5 Å². The monoisotopic (exact) mass is 375 g/mol. The van der Waals surface area contributed by atoms with Gasteiger partial charge in [-0.15, -0.1) is 0 Å². The van der Waals surface area contributed by atoms with Gasteiger partial charge in [0.25, 0.3) is 5.91 Å². The van der Waals surface area contributed by atoms with Crippen LogP contribution < -0.4 is 10.2 Å². The van der Waals surface area contributed by atoms with E-state index in [0.717, 1.165) is 11.1 Å². The van der Waals surface area contributed by atoms with Gasteiger partial charge in [0, 0.05) is 19.2 Å². The average molecular weight is 375 g/mol. The van der Waals surface area contributed by atoms with Gasteiger partial charge in [-0.3, -0.25) is 4.79 Å². The standard InChI is InChI=1S/C22H21N3O3/c1-15-8-6-7-11-18(15)21(26)24-17-12-19(22(27)28)20(23-13-17)25(2)14-16-9-4-3-5-10-16/h3-13H,14H2,1-2H3,(H,24,26)(H,27,28). The predicted octanol–water partition coefficient (Wildman–Crippen LogP) is 3.98. The molecule has 0 aliphatic carbocycles. The molecule has 0 unspecified atom stereocenters. The van der Waals surface area contributed by atoms with Gasteiger partial charge in [0.15, 0.2) is 0 Å². The fraction of sp³-hybridized carbons (Fsp3) is 0.136. The Balaban J connectivity index is 1.84. The van der Waals surface area contributed by atoms with Gasteiger partial charge in [-0.05, 0) is 30.2 Å². The number of hydrogen-bond donors (Lipinski definition) is 2. The van der Waals surface area contributed by atoms with Crippen molar-refractivity contribution in [3.63, 3.8) is 0 Å². The van der Waals surface area contributed by atoms with Crippen LogP contribution in [0.3, 0.4) is 0 Å². The van der Waals surface area contributed by atoms with E-state index in [9.17, 15) is 14.7 Å². The number of aryl methyl sites for hydroxylation is 1. The highest BCUT2D eigenvalue weighted by molar-refractivity contribution is 6.06. The first-order chi connectivity index (χ1) is 13.5. The number of aromatic nitrogens is 1. The summed E-state index contributed by atoms with van der Waals surface area (Å²) < 4.78 is 0. The Morgan fingerprint density at radius 3 is 2.39 bits per heavy atom. The van der Waals surface area contributed by atoms with Crippen molar-refractivity contribution in [2.24, 2.45) is 0 Å². The second kappa shape index (κ2) is 8.35. The molecular weight excluding hydrogens is 354 g/mol. The van der Waals surface area contributed by atoms with E-state index in [2.05, 4.69) is 10.3 Å². The highest BCUT2D eigenvalue weighted by Crippen LogP contribution is 2.23. The number of nitrogens with one attached hydrogen (secondary N) is 1. The molecule has 6 heteroatoms. The van der Waals surface area contributed by atoms with E-state index in [1.54, 1.807) is 24.1 Å². The largest absolute Gasteiger partial charge is 0.478 e. The summed E-state index contributed by atoms with van der Waals surface area (Å²) in [6.07, 6.45) is 1.47. The molecule has 0 saturated heterocycles. The molecule has 3 rings (SSSR count). The maximum atomic E-state index is 12.5. The number of anilines is 2. The van der Waals surface area contributed by atoms with Crippen LogP contribution in [0.4, 0.5) is 11.5 Å². The van der Waals surface area contributed by atoms with Gasteiger partial charge < -0.3 is 15.3 Å². The number of carboxylic acid groups (broad SMARTS) is 1. The second-order valence-electron chi connectivity index (χ2n) is 6.51. The van der Waals surface area contributed by atoms with Crippen LogP contribution in [-0.2, 0) is 6.54 Å². The Kier molecular flexibility index (Phi) is 5.69. The van der Waals surface area contributed by atoms with Crippen LogP contribution >= 0.6 is 0 Å². The molecule has 0 aliphatic heterocycles. The summed E-state index contributed by atoms with van der Waals surface area (Å²) in [5, 5.41) is 12.3. The smallest absolute Gasteiger partial charge is 0.339 e. The molecule has 0 saturated carbocycles. The number of aromatic carboxylic acids is 1. The number of carbonyl (C=O) groups is 2. The third-order valence-corrected chi connectivity index (χ3v) is 4.37. The Bertz CT molecular complexity index is 1000. The van der Waals surface area contributed by atoms with E-state index in [-0.39, 0.29) is 11.5 Å². The zero-order valence-electron chi connectivity index (χ0n) is 15.7. The fourth-order valence-corrected chi connectivity index (χ4v) is 2.95. The number of amides is 1. The highest BCUT2D eigenvalue weighted by atomic mass is 16.4. The highest BCUT2D eigenvalue weighted by Gasteiger charge is 2.18. The van der Waals surface area contributed by atoms with Crippen LogP contribution in [-0.4, -0.2) is 29.0 Å². The van der Waals surface area contributed by atoms with Gasteiger partial charge in [-0.25, -0.2) is 9.78 Å². The van der Waals surface area contributed by atoms with Crippen molar-refractivity contribution in [1.29, 1.82) is 0 Å². The summed E-state index contributed by atoms with van der Waals surface area (Å²) in [7, 11) is 1.79. The first-order valence-corrected chi connectivity index (χ1v) is 8.81. The number of rotatable bonds is 6. The number of pyridine rings is 1. The molecule has 0 aliphatic rings. The van der Waals surface area contributed by atoms with Crippen LogP contribution in [0, 0.1) is 6.92 Å². The van der Waals surface area contributed by atoms with E-state index >= 15 is 0 Å². The lowest BCUT2D eigenvalue weighted by molar-refractivity contribution is 0.0696. The zero-order valence-corrected chi connectivity index (χ0v) is 15.7. The normalized spacial score (nSPS) is 10.4. The van der Waals surface area contributed by atoms with Gasteiger partial charge in [-0.2, -0.15) is 0 Å². The number of nitrogens with zero attached hydrogens (tertiary/aromatic N) is 2. The molecule has 3 aromatic rings. The van der Waals surface area contributed by atoms with Crippen molar-refractivity contribution >= 4 is 23.4 Å². The van der Waals surface area contributed by atoms with Crippen molar-refractivity contribution in [1.82, 2.24) is 4.98 Å². The Hall–Kier alpha value is -3.67. The van der Waals surface area contributed by atoms with Crippen molar-refractivity contribution in [3.8, 4) is 0 Å². The number of carboxylic acids is 1. The minimum absolute atomic E-state index is 0.0287. The molecule has 0 bridgehead atoms. The zero-order chi connectivity index (χ0) is 20.1. The Morgan fingerprint density at radius 2 is 1.71 bits per heavy atom. The van der Waals surface area contributed by atoms with Crippen molar-refractivity contribution < 1.29 is 14.7 Å². The van der Waals surface area contributed by atoms with E-state index in [1.165, 1.54) is 12.3 Å². The quantitative estimate of drug-likeness (QED) is 0.681. The van der Waals surface area contributed by atoms with Crippen LogP contribution in [0.25, 0.3) is 0 Å². The molecule has 1 amide bonds.